The number of rotatable bonds is 5. The van der Waals surface area contributed by atoms with E-state index in [0.717, 1.165) is 0 Å². The third kappa shape index (κ3) is 3.16. The van der Waals surface area contributed by atoms with Crippen LogP contribution >= 0.6 is 0 Å². The van der Waals surface area contributed by atoms with E-state index in [0.29, 0.717) is 22.8 Å². The van der Waals surface area contributed by atoms with Gasteiger partial charge in [0.1, 0.15) is 11.1 Å². The molecule has 0 atom stereocenters. The highest BCUT2D eigenvalue weighted by Crippen LogP contribution is 2.38. The van der Waals surface area contributed by atoms with E-state index in [2.05, 4.69) is 15.1 Å². The summed E-state index contributed by atoms with van der Waals surface area (Å²) in [5, 5.41) is 4.16. The molecule has 142 valence electrons. The summed E-state index contributed by atoms with van der Waals surface area (Å²) < 4.78 is 17.3. The number of H-pyrrole nitrogens is 1. The first-order valence-electron chi connectivity index (χ1n) is 7.94. The van der Waals surface area contributed by atoms with Crippen molar-refractivity contribution in [1.29, 1.82) is 0 Å². The van der Waals surface area contributed by atoms with Crippen LogP contribution in [0.5, 0.6) is 17.2 Å². The van der Waals surface area contributed by atoms with Crippen LogP contribution in [0, 0.1) is 0 Å². The van der Waals surface area contributed by atoms with Gasteiger partial charge in [-0.05, 0) is 17.7 Å². The Kier molecular flexibility index (Phi) is 4.72. The first-order valence-corrected chi connectivity index (χ1v) is 7.94. The maximum atomic E-state index is 12.8. The van der Waals surface area contributed by atoms with Crippen LogP contribution in [0.25, 0.3) is 11.0 Å². The second-order valence-electron chi connectivity index (χ2n) is 5.76. The summed E-state index contributed by atoms with van der Waals surface area (Å²) in [6.07, 6.45) is 0.156. The average Bonchev–Trinajstić information content (AvgIpc) is 2.64. The number of nitrogen functional groups attached to an aromatic ring is 1. The number of aryl methyl sites for hydroxylation is 1. The van der Waals surface area contributed by atoms with E-state index in [1.165, 1.54) is 26.0 Å². The molecule has 0 saturated carbocycles. The van der Waals surface area contributed by atoms with Crippen LogP contribution in [0.4, 0.5) is 5.95 Å². The van der Waals surface area contributed by atoms with Gasteiger partial charge >= 0.3 is 0 Å². The Hall–Kier alpha value is -3.56. The largest absolute Gasteiger partial charge is 0.493 e. The highest BCUT2D eigenvalue weighted by Gasteiger charge is 2.18. The monoisotopic (exact) mass is 373 g/mol. The van der Waals surface area contributed by atoms with E-state index in [1.54, 1.807) is 19.2 Å². The number of fused-ring (bicyclic) bond motifs is 1. The molecule has 0 amide bonds. The number of nitrogens with one attached hydrogen (secondary N) is 1. The Balaban J connectivity index is 2.17. The summed E-state index contributed by atoms with van der Waals surface area (Å²) >= 11 is 0. The van der Waals surface area contributed by atoms with Crippen LogP contribution in [0.15, 0.2) is 21.7 Å². The zero-order valence-electron chi connectivity index (χ0n) is 15.3. The molecule has 10 nitrogen and oxygen atoms in total. The fraction of sp³-hybridized carbons (Fsp3) is 0.294. The Morgan fingerprint density at radius 1 is 1.11 bits per heavy atom. The van der Waals surface area contributed by atoms with Gasteiger partial charge in [0.2, 0.25) is 17.1 Å². The minimum Gasteiger partial charge on any atom is -0.493 e. The normalized spacial score (nSPS) is 10.8. The predicted molar refractivity (Wildman–Crippen MR) is 98.7 cm³/mol. The van der Waals surface area contributed by atoms with Crippen molar-refractivity contribution in [2.75, 3.05) is 27.1 Å². The minimum absolute atomic E-state index is 0.0818. The lowest BCUT2D eigenvalue weighted by Crippen LogP contribution is -2.26. The number of benzene rings is 1. The fourth-order valence-corrected chi connectivity index (χ4v) is 2.88. The van der Waals surface area contributed by atoms with Crippen LogP contribution in [-0.2, 0) is 13.5 Å². The number of hydrogen-bond donors (Lipinski definition) is 2. The zero-order chi connectivity index (χ0) is 19.7. The highest BCUT2D eigenvalue weighted by molar-refractivity contribution is 5.74. The third-order valence-electron chi connectivity index (χ3n) is 4.08. The molecule has 0 fully saturated rings. The molecule has 0 unspecified atom stereocenters. The lowest BCUT2D eigenvalue weighted by Gasteiger charge is -2.14. The lowest BCUT2D eigenvalue weighted by molar-refractivity contribution is 0.324. The second-order valence-corrected chi connectivity index (χ2v) is 5.76. The molecule has 0 aliphatic rings. The summed E-state index contributed by atoms with van der Waals surface area (Å²) in [4.78, 5) is 31.3. The van der Waals surface area contributed by atoms with E-state index in [1.807, 2.05) is 0 Å². The Bertz CT molecular complexity index is 1110. The van der Waals surface area contributed by atoms with Crippen molar-refractivity contribution >= 4 is 17.0 Å². The minimum atomic E-state index is -0.605. The van der Waals surface area contributed by atoms with E-state index >= 15 is 0 Å². The van der Waals surface area contributed by atoms with E-state index in [4.69, 9.17) is 19.9 Å². The summed E-state index contributed by atoms with van der Waals surface area (Å²) in [7, 11) is 6.10. The Morgan fingerprint density at radius 3 is 2.30 bits per heavy atom. The summed E-state index contributed by atoms with van der Waals surface area (Å²) in [5.74, 6) is 1.27. The van der Waals surface area contributed by atoms with Crippen LogP contribution in [0.3, 0.4) is 0 Å². The molecular weight excluding hydrogens is 354 g/mol. The molecule has 3 rings (SSSR count). The number of hydrogen-bond acceptors (Lipinski definition) is 8. The lowest BCUT2D eigenvalue weighted by atomic mass is 10.1. The van der Waals surface area contributed by atoms with Crippen LogP contribution in [0.2, 0.25) is 0 Å². The average molecular weight is 373 g/mol. The van der Waals surface area contributed by atoms with Crippen molar-refractivity contribution in [1.82, 2.24) is 19.7 Å². The van der Waals surface area contributed by atoms with Gasteiger partial charge < -0.3 is 19.9 Å². The molecule has 27 heavy (non-hydrogen) atoms. The number of anilines is 1. The summed E-state index contributed by atoms with van der Waals surface area (Å²) in [5.41, 5.74) is 5.43. The molecule has 0 saturated heterocycles. The number of aromatic amines is 1. The molecule has 0 aliphatic carbocycles. The van der Waals surface area contributed by atoms with Gasteiger partial charge in [-0.2, -0.15) is 10.1 Å². The summed E-state index contributed by atoms with van der Waals surface area (Å²) in [6.45, 7) is 0. The molecule has 3 N–H and O–H groups in total. The van der Waals surface area contributed by atoms with Crippen molar-refractivity contribution < 1.29 is 14.2 Å². The number of methoxy groups -OCH3 is 3. The van der Waals surface area contributed by atoms with Gasteiger partial charge in [-0.1, -0.05) is 0 Å². The SMILES string of the molecule is COc1cc(Cc2nn(C)c3nc(N)[nH]c(=O)c3c2=O)cc(OC)c1OC. The van der Waals surface area contributed by atoms with E-state index < -0.39 is 11.0 Å². The molecule has 0 radical (unpaired) electrons. The molecule has 1 aromatic carbocycles. The maximum Gasteiger partial charge on any atom is 0.265 e. The number of aromatic nitrogens is 4. The topological polar surface area (TPSA) is 134 Å². The maximum absolute atomic E-state index is 12.8. The van der Waals surface area contributed by atoms with Crippen molar-refractivity contribution in [3.63, 3.8) is 0 Å². The van der Waals surface area contributed by atoms with Gasteiger partial charge in [0.15, 0.2) is 17.1 Å². The molecule has 3 aromatic rings. The second kappa shape index (κ2) is 6.98. The standard InChI is InChI=1S/C17H19N5O5/c1-22-15-12(16(24)20-17(18)19-15)13(23)9(21-22)5-8-6-10(25-2)14(27-4)11(7-8)26-3/h6-7H,5H2,1-4H3,(H3,18,19,20,24). The highest BCUT2D eigenvalue weighted by atomic mass is 16.5. The van der Waals surface area contributed by atoms with Gasteiger partial charge in [0, 0.05) is 13.5 Å². The zero-order valence-corrected chi connectivity index (χ0v) is 15.3. The first-order chi connectivity index (χ1) is 12.9. The third-order valence-corrected chi connectivity index (χ3v) is 4.08. The molecule has 2 aromatic heterocycles. The first kappa shape index (κ1) is 18.2. The van der Waals surface area contributed by atoms with Gasteiger partial charge in [-0.25, -0.2) is 4.68 Å². The Labute approximate surface area is 153 Å². The van der Waals surface area contributed by atoms with Gasteiger partial charge in [-0.15, -0.1) is 0 Å². The molecule has 0 aliphatic heterocycles. The molecule has 0 bridgehead atoms. The molecule has 2 heterocycles. The van der Waals surface area contributed by atoms with Crippen molar-refractivity contribution in [2.45, 2.75) is 6.42 Å². The molecule has 0 spiro atoms. The smallest absolute Gasteiger partial charge is 0.265 e. The number of ether oxygens (including phenoxy) is 3. The van der Waals surface area contributed by atoms with Crippen molar-refractivity contribution in [3.8, 4) is 17.2 Å². The van der Waals surface area contributed by atoms with E-state index in [-0.39, 0.29) is 29.1 Å². The fourth-order valence-electron chi connectivity index (χ4n) is 2.88. The van der Waals surface area contributed by atoms with Gasteiger partial charge in [0.05, 0.1) is 21.3 Å². The predicted octanol–water partition coefficient (Wildman–Crippen LogP) is 0.216. The van der Waals surface area contributed by atoms with Gasteiger partial charge in [-0.3, -0.25) is 14.6 Å². The van der Waals surface area contributed by atoms with Crippen LogP contribution in [0.1, 0.15) is 11.3 Å². The van der Waals surface area contributed by atoms with Crippen LogP contribution < -0.4 is 30.9 Å². The number of nitrogens with two attached hydrogens (primary N) is 1. The number of nitrogens with zero attached hydrogens (tertiary/aromatic N) is 3. The Morgan fingerprint density at radius 2 is 1.74 bits per heavy atom. The van der Waals surface area contributed by atoms with Crippen molar-refractivity contribution in [2.24, 2.45) is 7.05 Å². The van der Waals surface area contributed by atoms with Gasteiger partial charge in [0.25, 0.3) is 5.56 Å². The summed E-state index contributed by atoms with van der Waals surface area (Å²) in [6, 6.07) is 3.44. The molecular formula is C17H19N5O5. The quantitative estimate of drug-likeness (QED) is 0.648. The van der Waals surface area contributed by atoms with Crippen molar-refractivity contribution in [3.05, 3.63) is 44.0 Å². The van der Waals surface area contributed by atoms with Crippen LogP contribution in [-0.4, -0.2) is 41.1 Å². The molecule has 10 heteroatoms. The van der Waals surface area contributed by atoms with E-state index in [9.17, 15) is 9.59 Å².